The van der Waals surface area contributed by atoms with E-state index in [9.17, 15) is 34.8 Å². The topological polar surface area (TPSA) is 49.7 Å². The Labute approximate surface area is 102 Å². The van der Waals surface area contributed by atoms with Gasteiger partial charge in [-0.2, -0.15) is 34.8 Å². The molecule has 12 heteroatoms. The smallest absolute Gasteiger partial charge is 0.234 e. The third kappa shape index (κ3) is 4.39. The Hall–Kier alpha value is -0.360. The molecule has 4 nitrogen and oxygen atoms in total. The summed E-state index contributed by atoms with van der Waals surface area (Å²) < 4.78 is 97.2. The summed E-state index contributed by atoms with van der Waals surface area (Å²) in [6, 6.07) is 0. The van der Waals surface area contributed by atoms with Crippen molar-refractivity contribution in [1.29, 1.82) is 0 Å². The molecule has 0 aliphatic rings. The van der Waals surface area contributed by atoms with Gasteiger partial charge in [0.1, 0.15) is 0 Å². The molecule has 0 fully saturated rings. The van der Waals surface area contributed by atoms with E-state index in [1.807, 2.05) is 3.77 Å². The van der Waals surface area contributed by atoms with Crippen LogP contribution in [0.15, 0.2) is 3.77 Å². The molecule has 0 saturated heterocycles. The zero-order chi connectivity index (χ0) is 14.8. The summed E-state index contributed by atoms with van der Waals surface area (Å²) in [6.07, 6.45) is 0. The van der Waals surface area contributed by atoms with E-state index in [1.54, 1.807) is 0 Å². The lowest BCUT2D eigenvalue weighted by Crippen LogP contribution is -2.36. The number of hydrogen-bond acceptors (Lipinski definition) is 2. The summed E-state index contributed by atoms with van der Waals surface area (Å²) >= 11 is 0. The molecular formula is C6H10F6N2O2S2. The standard InChI is InChI=1S/C6H10F6N2O2S2/c1-3-14(4-2)17(5(7,8)9)13-18(15,16)6(10,11)12/h3-4H2,1-2H3. The van der Waals surface area contributed by atoms with Crippen molar-refractivity contribution in [1.82, 2.24) is 4.31 Å². The lowest BCUT2D eigenvalue weighted by molar-refractivity contribution is -0.0440. The molecule has 0 radical (unpaired) electrons. The van der Waals surface area contributed by atoms with Crippen LogP contribution >= 0.6 is 0 Å². The van der Waals surface area contributed by atoms with Crippen molar-refractivity contribution in [2.24, 2.45) is 3.77 Å². The van der Waals surface area contributed by atoms with Gasteiger partial charge in [0.25, 0.3) is 0 Å². The first-order valence-corrected chi connectivity index (χ1v) is 7.05. The predicted octanol–water partition coefficient (Wildman–Crippen LogP) is 2.41. The van der Waals surface area contributed by atoms with Gasteiger partial charge < -0.3 is 0 Å². The summed E-state index contributed by atoms with van der Waals surface area (Å²) in [7, 11) is -9.51. The molecule has 0 amide bonds. The summed E-state index contributed by atoms with van der Waals surface area (Å²) in [6.45, 7) is 1.95. The van der Waals surface area contributed by atoms with Gasteiger partial charge in [-0.05, 0) is 0 Å². The van der Waals surface area contributed by atoms with Crippen LogP contribution in [0, 0.1) is 0 Å². The van der Waals surface area contributed by atoms with E-state index in [0.29, 0.717) is 4.31 Å². The average molecular weight is 320 g/mol. The summed E-state index contributed by atoms with van der Waals surface area (Å²) in [5, 5.41) is 0. The van der Waals surface area contributed by atoms with Crippen molar-refractivity contribution in [3.05, 3.63) is 0 Å². The molecule has 0 bridgehead atoms. The maximum Gasteiger partial charge on any atom is 0.519 e. The Morgan fingerprint density at radius 3 is 1.67 bits per heavy atom. The fourth-order valence-electron chi connectivity index (χ4n) is 0.839. The van der Waals surface area contributed by atoms with Crippen LogP contribution in [0.5, 0.6) is 0 Å². The second kappa shape index (κ2) is 5.74. The van der Waals surface area contributed by atoms with Crippen LogP contribution in [0.4, 0.5) is 26.3 Å². The maximum atomic E-state index is 12.5. The largest absolute Gasteiger partial charge is 0.519 e. The fourth-order valence-corrected chi connectivity index (χ4v) is 3.42. The van der Waals surface area contributed by atoms with Crippen molar-refractivity contribution in [2.75, 3.05) is 13.1 Å². The molecule has 110 valence electrons. The van der Waals surface area contributed by atoms with Crippen LogP contribution in [0.2, 0.25) is 0 Å². The van der Waals surface area contributed by atoms with E-state index in [4.69, 9.17) is 0 Å². The van der Waals surface area contributed by atoms with Crippen LogP contribution in [-0.4, -0.2) is 36.8 Å². The van der Waals surface area contributed by atoms with Gasteiger partial charge >= 0.3 is 21.0 Å². The van der Waals surface area contributed by atoms with Crippen molar-refractivity contribution < 1.29 is 34.8 Å². The molecule has 0 saturated carbocycles. The Bertz CT molecular complexity index is 409. The van der Waals surface area contributed by atoms with E-state index >= 15 is 0 Å². The molecule has 18 heavy (non-hydrogen) atoms. The predicted molar refractivity (Wildman–Crippen MR) is 53.7 cm³/mol. The number of hydrogen-bond donors (Lipinski definition) is 0. The molecule has 1 unspecified atom stereocenters. The third-order valence-electron chi connectivity index (χ3n) is 1.62. The molecule has 0 aliphatic heterocycles. The minimum atomic E-state index is -6.17. The Kier molecular flexibility index (Phi) is 5.62. The first-order chi connectivity index (χ1) is 7.86. The minimum absolute atomic E-state index is 0.282. The van der Waals surface area contributed by atoms with Crippen LogP contribution < -0.4 is 0 Å². The summed E-state index contributed by atoms with van der Waals surface area (Å²) in [5.41, 5.74) is -11.0. The van der Waals surface area contributed by atoms with Crippen molar-refractivity contribution in [3.63, 3.8) is 0 Å². The SMILES string of the molecule is CCN(CC)/S(=N\S(=O)(=O)C(F)(F)F)C(F)(F)F. The molecular weight excluding hydrogens is 310 g/mol. The maximum absolute atomic E-state index is 12.5. The first kappa shape index (κ1) is 17.6. The highest BCUT2D eigenvalue weighted by Crippen LogP contribution is 2.31. The van der Waals surface area contributed by atoms with Gasteiger partial charge in [0, 0.05) is 13.1 Å². The average Bonchev–Trinajstić information content (AvgIpc) is 2.14. The number of rotatable bonds is 4. The van der Waals surface area contributed by atoms with Crippen LogP contribution in [0.25, 0.3) is 0 Å². The van der Waals surface area contributed by atoms with E-state index in [2.05, 4.69) is 0 Å². The zero-order valence-electron chi connectivity index (χ0n) is 9.21. The highest BCUT2D eigenvalue weighted by Gasteiger charge is 2.49. The van der Waals surface area contributed by atoms with E-state index < -0.39 is 31.9 Å². The second-order valence-electron chi connectivity index (χ2n) is 2.82. The molecule has 0 aliphatic carbocycles. The van der Waals surface area contributed by atoms with Gasteiger partial charge in [-0.1, -0.05) is 13.8 Å². The van der Waals surface area contributed by atoms with E-state index in [1.165, 1.54) is 13.8 Å². The number of sulfonamides is 1. The molecule has 0 rings (SSSR count). The number of nitrogens with zero attached hydrogens (tertiary/aromatic N) is 2. The first-order valence-electron chi connectivity index (χ1n) is 4.47. The summed E-state index contributed by atoms with van der Waals surface area (Å²) in [4.78, 5) is 0. The van der Waals surface area contributed by atoms with Crippen LogP contribution in [0.1, 0.15) is 13.8 Å². The molecule has 0 heterocycles. The number of halogens is 6. The second-order valence-corrected chi connectivity index (χ2v) is 6.34. The van der Waals surface area contributed by atoms with Gasteiger partial charge in [-0.25, -0.2) is 4.31 Å². The highest BCUT2D eigenvalue weighted by atomic mass is 32.3. The van der Waals surface area contributed by atoms with Gasteiger partial charge in [-0.3, -0.25) is 0 Å². The highest BCUT2D eigenvalue weighted by molar-refractivity contribution is 8.00. The van der Waals surface area contributed by atoms with E-state index in [-0.39, 0.29) is 13.1 Å². The Balaban J connectivity index is 5.77. The van der Waals surface area contributed by atoms with Crippen molar-refractivity contribution in [2.45, 2.75) is 24.9 Å². The van der Waals surface area contributed by atoms with Gasteiger partial charge in [0.15, 0.2) is 0 Å². The van der Waals surface area contributed by atoms with Crippen molar-refractivity contribution in [3.8, 4) is 0 Å². The quantitative estimate of drug-likeness (QED) is 0.748. The summed E-state index contributed by atoms with van der Waals surface area (Å²) in [5.74, 6) is 0. The lowest BCUT2D eigenvalue weighted by Gasteiger charge is -2.23. The Morgan fingerprint density at radius 2 is 1.44 bits per heavy atom. The van der Waals surface area contributed by atoms with Crippen LogP contribution in [-0.2, 0) is 20.9 Å². The van der Waals surface area contributed by atoms with Gasteiger partial charge in [-0.15, -0.1) is 3.77 Å². The third-order valence-corrected chi connectivity index (χ3v) is 4.97. The lowest BCUT2D eigenvalue weighted by atomic mass is 10.7. The number of alkyl halides is 6. The monoisotopic (exact) mass is 320 g/mol. The molecule has 0 aromatic rings. The normalized spacial score (nSPS) is 16.3. The van der Waals surface area contributed by atoms with Crippen molar-refractivity contribution >= 4 is 20.9 Å². The molecule has 0 spiro atoms. The van der Waals surface area contributed by atoms with E-state index in [0.717, 1.165) is 0 Å². The zero-order valence-corrected chi connectivity index (χ0v) is 10.8. The van der Waals surface area contributed by atoms with Crippen LogP contribution in [0.3, 0.4) is 0 Å². The molecule has 0 aromatic heterocycles. The fraction of sp³-hybridized carbons (Fsp3) is 1.00. The molecule has 1 atom stereocenters. The molecule has 0 aromatic carbocycles. The minimum Gasteiger partial charge on any atom is -0.234 e. The molecule has 0 N–H and O–H groups in total. The van der Waals surface area contributed by atoms with Gasteiger partial charge in [0.2, 0.25) is 0 Å². The van der Waals surface area contributed by atoms with Gasteiger partial charge in [0.05, 0.1) is 10.9 Å². The Morgan fingerprint density at radius 1 is 1.06 bits per heavy atom.